The molecule has 0 saturated carbocycles. The maximum atomic E-state index is 9.83. The molecule has 1 aromatic rings. The van der Waals surface area contributed by atoms with Crippen LogP contribution in [0.25, 0.3) is 0 Å². The number of aliphatic hydroxyl groups is 1. The Hall–Kier alpha value is -0.620. The Morgan fingerprint density at radius 2 is 2.15 bits per heavy atom. The van der Waals surface area contributed by atoms with Gasteiger partial charge in [-0.3, -0.25) is 0 Å². The summed E-state index contributed by atoms with van der Waals surface area (Å²) in [6.45, 7) is 4.52. The second kappa shape index (κ2) is 10.2. The molecule has 114 valence electrons. The maximum absolute atomic E-state index is 9.83. The highest BCUT2D eigenvalue weighted by molar-refractivity contribution is 9.10. The average molecular weight is 346 g/mol. The van der Waals surface area contributed by atoms with Gasteiger partial charge in [0.1, 0.15) is 18.5 Å². The third kappa shape index (κ3) is 7.24. The molecule has 0 radical (unpaired) electrons. The number of hydrogen-bond donors (Lipinski definition) is 2. The van der Waals surface area contributed by atoms with Crippen molar-refractivity contribution >= 4 is 15.9 Å². The van der Waals surface area contributed by atoms with Gasteiger partial charge in [0.05, 0.1) is 4.47 Å². The van der Waals surface area contributed by atoms with E-state index in [2.05, 4.69) is 21.2 Å². The van der Waals surface area contributed by atoms with E-state index in [1.807, 2.05) is 25.1 Å². The SMILES string of the molecule is COCCCCNCC(O)COc1ccc(C)cc1Br. The van der Waals surface area contributed by atoms with Gasteiger partial charge < -0.3 is 19.9 Å². The molecule has 1 atom stereocenters. The zero-order valence-corrected chi connectivity index (χ0v) is 13.8. The molecule has 1 unspecified atom stereocenters. The van der Waals surface area contributed by atoms with E-state index < -0.39 is 6.10 Å². The molecule has 0 spiro atoms. The summed E-state index contributed by atoms with van der Waals surface area (Å²) in [5.41, 5.74) is 1.17. The van der Waals surface area contributed by atoms with Gasteiger partial charge in [-0.1, -0.05) is 6.07 Å². The van der Waals surface area contributed by atoms with Crippen LogP contribution in [0.3, 0.4) is 0 Å². The smallest absolute Gasteiger partial charge is 0.133 e. The van der Waals surface area contributed by atoms with E-state index in [-0.39, 0.29) is 6.61 Å². The Balaban J connectivity index is 2.14. The number of unbranched alkanes of at least 4 members (excludes halogenated alkanes) is 1. The number of rotatable bonds is 10. The van der Waals surface area contributed by atoms with E-state index in [9.17, 15) is 5.11 Å². The van der Waals surface area contributed by atoms with Gasteiger partial charge in [-0.05, 0) is 59.9 Å². The molecule has 0 amide bonds. The van der Waals surface area contributed by atoms with Crippen LogP contribution in [0.2, 0.25) is 0 Å². The van der Waals surface area contributed by atoms with Crippen molar-refractivity contribution in [1.29, 1.82) is 0 Å². The number of aryl methyl sites for hydroxylation is 1. The van der Waals surface area contributed by atoms with Crippen LogP contribution in [-0.4, -0.2) is 44.6 Å². The van der Waals surface area contributed by atoms with E-state index in [1.54, 1.807) is 7.11 Å². The molecule has 0 aliphatic heterocycles. The van der Waals surface area contributed by atoms with E-state index in [0.29, 0.717) is 6.54 Å². The highest BCUT2D eigenvalue weighted by atomic mass is 79.9. The number of aliphatic hydroxyl groups excluding tert-OH is 1. The van der Waals surface area contributed by atoms with Crippen LogP contribution in [-0.2, 0) is 4.74 Å². The molecule has 5 heteroatoms. The summed E-state index contributed by atoms with van der Waals surface area (Å²) >= 11 is 3.45. The summed E-state index contributed by atoms with van der Waals surface area (Å²) in [6, 6.07) is 5.89. The van der Waals surface area contributed by atoms with Crippen molar-refractivity contribution in [3.05, 3.63) is 28.2 Å². The van der Waals surface area contributed by atoms with Crippen molar-refractivity contribution in [3.8, 4) is 5.75 Å². The number of benzene rings is 1. The molecular formula is C15H24BrNO3. The fraction of sp³-hybridized carbons (Fsp3) is 0.600. The van der Waals surface area contributed by atoms with Gasteiger partial charge >= 0.3 is 0 Å². The lowest BCUT2D eigenvalue weighted by molar-refractivity contribution is 0.106. The van der Waals surface area contributed by atoms with Crippen molar-refractivity contribution < 1.29 is 14.6 Å². The van der Waals surface area contributed by atoms with Gasteiger partial charge in [-0.15, -0.1) is 0 Å². The van der Waals surface area contributed by atoms with E-state index in [1.165, 1.54) is 5.56 Å². The van der Waals surface area contributed by atoms with Crippen LogP contribution in [0, 0.1) is 6.92 Å². The van der Waals surface area contributed by atoms with Gasteiger partial charge in [-0.2, -0.15) is 0 Å². The van der Waals surface area contributed by atoms with E-state index >= 15 is 0 Å². The topological polar surface area (TPSA) is 50.7 Å². The molecule has 1 rings (SSSR count). The lowest BCUT2D eigenvalue weighted by atomic mass is 10.2. The van der Waals surface area contributed by atoms with Crippen molar-refractivity contribution in [2.45, 2.75) is 25.9 Å². The monoisotopic (exact) mass is 345 g/mol. The predicted molar refractivity (Wildman–Crippen MR) is 84.4 cm³/mol. The first kappa shape index (κ1) is 17.4. The maximum Gasteiger partial charge on any atom is 0.133 e. The van der Waals surface area contributed by atoms with E-state index in [4.69, 9.17) is 9.47 Å². The van der Waals surface area contributed by atoms with Gasteiger partial charge in [0.2, 0.25) is 0 Å². The van der Waals surface area contributed by atoms with Crippen molar-refractivity contribution in [2.75, 3.05) is 33.4 Å². The quantitative estimate of drug-likeness (QED) is 0.639. The first-order valence-electron chi connectivity index (χ1n) is 6.90. The Bertz CT molecular complexity index is 387. The van der Waals surface area contributed by atoms with Crippen LogP contribution in [0.4, 0.5) is 0 Å². The lowest BCUT2D eigenvalue weighted by Crippen LogP contribution is -2.32. The molecular weight excluding hydrogens is 322 g/mol. The van der Waals surface area contributed by atoms with Gasteiger partial charge in [-0.25, -0.2) is 0 Å². The molecule has 2 N–H and O–H groups in total. The fourth-order valence-corrected chi connectivity index (χ4v) is 2.34. The van der Waals surface area contributed by atoms with Gasteiger partial charge in [0.25, 0.3) is 0 Å². The number of ether oxygens (including phenoxy) is 2. The standard InChI is InChI=1S/C15H24BrNO3/c1-12-5-6-15(14(16)9-12)20-11-13(18)10-17-7-3-4-8-19-2/h5-6,9,13,17-18H,3-4,7-8,10-11H2,1-2H3. The molecule has 0 heterocycles. The lowest BCUT2D eigenvalue weighted by Gasteiger charge is -2.14. The van der Waals surface area contributed by atoms with Crippen LogP contribution in [0.5, 0.6) is 5.75 Å². The first-order chi connectivity index (χ1) is 9.63. The second-order valence-corrected chi connectivity index (χ2v) is 5.66. The fourth-order valence-electron chi connectivity index (χ4n) is 1.73. The molecule has 0 saturated heterocycles. The van der Waals surface area contributed by atoms with Crippen molar-refractivity contribution in [2.24, 2.45) is 0 Å². The summed E-state index contributed by atoms with van der Waals surface area (Å²) in [7, 11) is 1.71. The Labute approximate surface area is 129 Å². The Kier molecular flexibility index (Phi) is 8.85. The number of nitrogens with one attached hydrogen (secondary N) is 1. The third-order valence-electron chi connectivity index (χ3n) is 2.85. The molecule has 20 heavy (non-hydrogen) atoms. The van der Waals surface area contributed by atoms with Gasteiger partial charge in [0.15, 0.2) is 0 Å². The second-order valence-electron chi connectivity index (χ2n) is 4.80. The molecule has 0 bridgehead atoms. The zero-order chi connectivity index (χ0) is 14.8. The number of halogens is 1. The molecule has 0 aromatic heterocycles. The summed E-state index contributed by atoms with van der Waals surface area (Å²) in [5, 5.41) is 13.0. The summed E-state index contributed by atoms with van der Waals surface area (Å²) in [5.74, 6) is 0.759. The Morgan fingerprint density at radius 1 is 1.35 bits per heavy atom. The molecule has 0 aliphatic carbocycles. The van der Waals surface area contributed by atoms with E-state index in [0.717, 1.165) is 36.2 Å². The summed E-state index contributed by atoms with van der Waals surface area (Å²) in [4.78, 5) is 0. The predicted octanol–water partition coefficient (Wildman–Crippen LogP) is 2.51. The highest BCUT2D eigenvalue weighted by Gasteiger charge is 2.07. The molecule has 0 fully saturated rings. The van der Waals surface area contributed by atoms with Crippen molar-refractivity contribution in [1.82, 2.24) is 5.32 Å². The van der Waals surface area contributed by atoms with Gasteiger partial charge in [0, 0.05) is 20.3 Å². The van der Waals surface area contributed by atoms with Crippen LogP contribution < -0.4 is 10.1 Å². The summed E-state index contributed by atoms with van der Waals surface area (Å²) < 4.78 is 11.5. The average Bonchev–Trinajstić information content (AvgIpc) is 2.41. The Morgan fingerprint density at radius 3 is 2.85 bits per heavy atom. The van der Waals surface area contributed by atoms with Crippen molar-refractivity contribution in [3.63, 3.8) is 0 Å². The highest BCUT2D eigenvalue weighted by Crippen LogP contribution is 2.25. The largest absolute Gasteiger partial charge is 0.490 e. The minimum Gasteiger partial charge on any atom is -0.490 e. The third-order valence-corrected chi connectivity index (χ3v) is 3.47. The van der Waals surface area contributed by atoms with Crippen LogP contribution in [0.15, 0.2) is 22.7 Å². The molecule has 4 nitrogen and oxygen atoms in total. The minimum atomic E-state index is -0.509. The zero-order valence-electron chi connectivity index (χ0n) is 12.2. The number of hydrogen-bond acceptors (Lipinski definition) is 4. The summed E-state index contributed by atoms with van der Waals surface area (Å²) in [6.07, 6.45) is 1.57. The minimum absolute atomic E-state index is 0.284. The number of methoxy groups -OCH3 is 1. The first-order valence-corrected chi connectivity index (χ1v) is 7.69. The van der Waals surface area contributed by atoms with Crippen LogP contribution in [0.1, 0.15) is 18.4 Å². The van der Waals surface area contributed by atoms with Crippen LogP contribution >= 0.6 is 15.9 Å². The molecule has 0 aliphatic rings. The normalized spacial score (nSPS) is 12.4. The molecule has 1 aromatic carbocycles.